The zero-order valence-electron chi connectivity index (χ0n) is 22.7. The minimum Gasteiger partial charge on any atom is -0.506 e. The van der Waals surface area contributed by atoms with Gasteiger partial charge in [0.25, 0.3) is 0 Å². The van der Waals surface area contributed by atoms with Crippen molar-refractivity contribution in [2.24, 2.45) is 0 Å². The van der Waals surface area contributed by atoms with Crippen LogP contribution in [-0.4, -0.2) is 59.5 Å². The normalized spacial score (nSPS) is 14.7. The first-order chi connectivity index (χ1) is 18.3. The maximum absolute atomic E-state index is 13.1. The number of aromatic hydroxyl groups is 1. The van der Waals surface area contributed by atoms with Crippen LogP contribution in [0.15, 0.2) is 42.5 Å². The lowest BCUT2D eigenvalue weighted by Crippen LogP contribution is -2.20. The van der Waals surface area contributed by atoms with Gasteiger partial charge in [0.05, 0.1) is 25.3 Å². The van der Waals surface area contributed by atoms with Crippen molar-refractivity contribution in [3.8, 4) is 5.75 Å². The largest absolute Gasteiger partial charge is 0.506 e. The number of aryl methyl sites for hydroxylation is 1. The lowest BCUT2D eigenvalue weighted by molar-refractivity contribution is -0.107. The third-order valence-electron chi connectivity index (χ3n) is 5.81. The molecular formula is C30H37NO7. The molecule has 8 nitrogen and oxygen atoms in total. The van der Waals surface area contributed by atoms with Crippen molar-refractivity contribution in [3.05, 3.63) is 70.4 Å². The number of aromatic nitrogens is 1. The number of Topliss-reactive ketones (excluding diaryl/α,β-unsaturated/α-hetero) is 2. The molecule has 1 aliphatic carbocycles. The highest BCUT2D eigenvalue weighted by Crippen LogP contribution is 2.38. The molecule has 2 atom stereocenters. The van der Waals surface area contributed by atoms with E-state index in [0.29, 0.717) is 28.6 Å². The van der Waals surface area contributed by atoms with Crippen LogP contribution in [0.5, 0.6) is 5.75 Å². The Balaban J connectivity index is 0.000000773. The first-order valence-electron chi connectivity index (χ1n) is 12.9. The number of carbonyl (C=O) groups is 3. The van der Waals surface area contributed by atoms with Crippen molar-refractivity contribution >= 4 is 28.8 Å². The molecule has 1 aromatic heterocycles. The Morgan fingerprint density at radius 3 is 2.26 bits per heavy atom. The molecule has 0 spiro atoms. The van der Waals surface area contributed by atoms with Crippen LogP contribution in [0.1, 0.15) is 77.6 Å². The van der Waals surface area contributed by atoms with Crippen LogP contribution in [0.2, 0.25) is 0 Å². The number of hydrogen-bond donors (Lipinski definition) is 2. The standard InChI is InChI=1S/C25H25NO6.C3H6O.C2H6/c1-3-14-5-7-20-16(8-14)10-21(28)23(26-20)22-24(29)18-6-4-15(9-19(18)25(22)30)11-32-13-17(27)12-31-2;1-2-3-4;1-2/h4-10,17,22,27-28H,3,11-13H2,1-2H3;3H,2H2,1H3;1-2H3. The maximum Gasteiger partial charge on any atom is 0.180 e. The summed E-state index contributed by atoms with van der Waals surface area (Å²) in [4.78, 5) is 39.8. The van der Waals surface area contributed by atoms with Crippen molar-refractivity contribution < 1.29 is 34.1 Å². The Labute approximate surface area is 223 Å². The molecule has 4 rings (SSSR count). The van der Waals surface area contributed by atoms with E-state index in [1.54, 1.807) is 24.3 Å². The van der Waals surface area contributed by atoms with Crippen LogP contribution in [0, 0.1) is 0 Å². The molecule has 1 aliphatic rings. The molecule has 0 saturated carbocycles. The van der Waals surface area contributed by atoms with E-state index in [-0.39, 0.29) is 37.0 Å². The molecule has 2 unspecified atom stereocenters. The Bertz CT molecular complexity index is 1250. The first kappa shape index (κ1) is 30.8. The van der Waals surface area contributed by atoms with E-state index in [9.17, 15) is 24.6 Å². The number of pyridine rings is 1. The topological polar surface area (TPSA) is 123 Å². The van der Waals surface area contributed by atoms with Gasteiger partial charge in [0.2, 0.25) is 0 Å². The molecule has 3 aromatic rings. The molecule has 38 heavy (non-hydrogen) atoms. The number of ketones is 2. The second-order valence-electron chi connectivity index (χ2n) is 8.51. The fourth-order valence-corrected chi connectivity index (χ4v) is 3.99. The average molecular weight is 524 g/mol. The Morgan fingerprint density at radius 1 is 0.974 bits per heavy atom. The van der Waals surface area contributed by atoms with Gasteiger partial charge in [0, 0.05) is 30.0 Å². The van der Waals surface area contributed by atoms with Gasteiger partial charge < -0.3 is 24.5 Å². The van der Waals surface area contributed by atoms with Gasteiger partial charge in [-0.1, -0.05) is 45.9 Å². The molecule has 2 aromatic carbocycles. The number of aliphatic hydroxyl groups is 1. The quantitative estimate of drug-likeness (QED) is 0.303. The SMILES string of the molecule is CC.CCC=O.CCc1ccc2nc(C3C(=O)c4ccc(COCC(O)COC)cc4C3=O)c(O)cc2c1. The molecule has 0 bridgehead atoms. The molecule has 0 aliphatic heterocycles. The number of hydrogen-bond acceptors (Lipinski definition) is 8. The monoisotopic (exact) mass is 523 g/mol. The minimum atomic E-state index is -1.17. The summed E-state index contributed by atoms with van der Waals surface area (Å²) in [5.74, 6) is -2.10. The van der Waals surface area contributed by atoms with E-state index in [2.05, 4.69) is 4.98 Å². The highest BCUT2D eigenvalue weighted by atomic mass is 16.5. The van der Waals surface area contributed by atoms with Gasteiger partial charge in [-0.05, 0) is 41.8 Å². The van der Waals surface area contributed by atoms with Crippen LogP contribution in [0.4, 0.5) is 0 Å². The number of nitrogens with zero attached hydrogens (tertiary/aromatic N) is 1. The minimum absolute atomic E-state index is 0.0773. The lowest BCUT2D eigenvalue weighted by Gasteiger charge is -2.11. The van der Waals surface area contributed by atoms with Crippen LogP contribution < -0.4 is 0 Å². The summed E-state index contributed by atoms with van der Waals surface area (Å²) in [6.45, 7) is 8.29. The van der Waals surface area contributed by atoms with E-state index in [1.807, 2.05) is 45.9 Å². The van der Waals surface area contributed by atoms with E-state index >= 15 is 0 Å². The molecule has 0 radical (unpaired) electrons. The molecule has 8 heteroatoms. The summed E-state index contributed by atoms with van der Waals surface area (Å²) >= 11 is 0. The second kappa shape index (κ2) is 15.1. The fourth-order valence-electron chi connectivity index (χ4n) is 3.99. The lowest BCUT2D eigenvalue weighted by atomic mass is 9.97. The van der Waals surface area contributed by atoms with E-state index < -0.39 is 17.8 Å². The first-order valence-corrected chi connectivity index (χ1v) is 12.9. The third-order valence-corrected chi connectivity index (χ3v) is 5.81. The molecule has 2 N–H and O–H groups in total. The summed E-state index contributed by atoms with van der Waals surface area (Å²) in [6, 6.07) is 12.2. The van der Waals surface area contributed by atoms with E-state index in [1.165, 1.54) is 7.11 Å². The molecule has 0 fully saturated rings. The van der Waals surface area contributed by atoms with Gasteiger partial charge in [-0.2, -0.15) is 0 Å². The second-order valence-corrected chi connectivity index (χ2v) is 8.51. The smallest absolute Gasteiger partial charge is 0.180 e. The zero-order valence-corrected chi connectivity index (χ0v) is 22.7. The van der Waals surface area contributed by atoms with Crippen molar-refractivity contribution in [2.75, 3.05) is 20.3 Å². The van der Waals surface area contributed by atoms with Crippen molar-refractivity contribution in [1.29, 1.82) is 0 Å². The maximum atomic E-state index is 13.1. The van der Waals surface area contributed by atoms with E-state index in [4.69, 9.17) is 9.47 Å². The van der Waals surface area contributed by atoms with E-state index in [0.717, 1.165) is 23.7 Å². The van der Waals surface area contributed by atoms with Crippen LogP contribution in [-0.2, 0) is 27.3 Å². The molecule has 0 saturated heterocycles. The van der Waals surface area contributed by atoms with Gasteiger partial charge in [-0.15, -0.1) is 0 Å². The van der Waals surface area contributed by atoms with Crippen LogP contribution >= 0.6 is 0 Å². The number of fused-ring (bicyclic) bond motifs is 2. The number of methoxy groups -OCH3 is 1. The number of ether oxygens (including phenoxy) is 2. The van der Waals surface area contributed by atoms with Crippen LogP contribution in [0.3, 0.4) is 0 Å². The number of carbonyl (C=O) groups excluding carboxylic acids is 3. The molecular weight excluding hydrogens is 486 g/mol. The van der Waals surface area contributed by atoms with Gasteiger partial charge in [0.15, 0.2) is 11.6 Å². The number of aldehydes is 1. The zero-order chi connectivity index (χ0) is 28.2. The van der Waals surface area contributed by atoms with Crippen LogP contribution in [0.25, 0.3) is 10.9 Å². The van der Waals surface area contributed by atoms with Gasteiger partial charge in [-0.25, -0.2) is 4.98 Å². The van der Waals surface area contributed by atoms with Gasteiger partial charge in [-0.3, -0.25) is 9.59 Å². The highest BCUT2D eigenvalue weighted by Gasteiger charge is 2.42. The average Bonchev–Trinajstić information content (AvgIpc) is 3.18. The number of rotatable bonds is 9. The predicted molar refractivity (Wildman–Crippen MR) is 146 cm³/mol. The Hall–Kier alpha value is -3.46. The van der Waals surface area contributed by atoms with Crippen molar-refractivity contribution in [1.82, 2.24) is 4.98 Å². The summed E-state index contributed by atoms with van der Waals surface area (Å²) in [6.07, 6.45) is 1.63. The predicted octanol–water partition coefficient (Wildman–Crippen LogP) is 4.81. The molecule has 1 heterocycles. The van der Waals surface area contributed by atoms with Gasteiger partial charge in [0.1, 0.15) is 29.8 Å². The molecule has 0 amide bonds. The highest BCUT2D eigenvalue weighted by molar-refractivity contribution is 6.29. The summed E-state index contributed by atoms with van der Waals surface area (Å²) in [5, 5.41) is 21.0. The van der Waals surface area contributed by atoms with Gasteiger partial charge >= 0.3 is 0 Å². The summed E-state index contributed by atoms with van der Waals surface area (Å²) in [7, 11) is 1.49. The summed E-state index contributed by atoms with van der Waals surface area (Å²) in [5.41, 5.74) is 3.12. The Kier molecular flexibility index (Phi) is 12.2. The number of aliphatic hydroxyl groups excluding tert-OH is 1. The fraction of sp³-hybridized carbons (Fsp3) is 0.400. The van der Waals surface area contributed by atoms with Crippen molar-refractivity contribution in [3.63, 3.8) is 0 Å². The van der Waals surface area contributed by atoms with Crippen molar-refractivity contribution in [2.45, 2.75) is 59.2 Å². The summed E-state index contributed by atoms with van der Waals surface area (Å²) < 4.78 is 10.3. The number of benzene rings is 2. The third kappa shape index (κ3) is 7.31. The Morgan fingerprint density at radius 2 is 1.63 bits per heavy atom. The molecule has 204 valence electrons.